The summed E-state index contributed by atoms with van der Waals surface area (Å²) in [7, 11) is 1.99. The summed E-state index contributed by atoms with van der Waals surface area (Å²) in [6.45, 7) is 3.12. The van der Waals surface area contributed by atoms with Gasteiger partial charge in [0.05, 0.1) is 5.69 Å². The lowest BCUT2D eigenvalue weighted by Gasteiger charge is -2.27. The molecule has 0 aromatic carbocycles. The van der Waals surface area contributed by atoms with Gasteiger partial charge in [0, 0.05) is 32.5 Å². The Balaban J connectivity index is 1.94. The molecule has 0 radical (unpaired) electrons. The van der Waals surface area contributed by atoms with Crippen LogP contribution in [-0.2, 0) is 11.3 Å². The van der Waals surface area contributed by atoms with Gasteiger partial charge in [-0.05, 0) is 25.8 Å². The monoisotopic (exact) mass is 265 g/mol. The molecule has 0 unspecified atom stereocenters. The van der Waals surface area contributed by atoms with Crippen molar-refractivity contribution < 1.29 is 14.6 Å². The van der Waals surface area contributed by atoms with Gasteiger partial charge in [-0.2, -0.15) is 0 Å². The normalized spacial score (nSPS) is 16.7. The van der Waals surface area contributed by atoms with Crippen LogP contribution in [0.3, 0.4) is 0 Å². The molecule has 1 fully saturated rings. The van der Waals surface area contributed by atoms with E-state index in [2.05, 4.69) is 14.9 Å². The highest BCUT2D eigenvalue weighted by molar-refractivity contribution is 5.88. The third-order valence-electron chi connectivity index (χ3n) is 3.36. The topological polar surface area (TPSA) is 75.6 Å². The highest BCUT2D eigenvalue weighted by Gasteiger charge is 2.18. The molecule has 1 aromatic heterocycles. The number of hydrogen-bond donors (Lipinski definition) is 1. The summed E-state index contributed by atoms with van der Waals surface area (Å²) in [5, 5.41) is 9.08. The predicted molar refractivity (Wildman–Crippen MR) is 68.9 cm³/mol. The molecule has 1 saturated heterocycles. The summed E-state index contributed by atoms with van der Waals surface area (Å²) >= 11 is 0. The number of rotatable bonds is 5. The summed E-state index contributed by atoms with van der Waals surface area (Å²) in [6.07, 6.45) is 4.89. The van der Waals surface area contributed by atoms with Crippen molar-refractivity contribution in [1.29, 1.82) is 0 Å². The maximum absolute atomic E-state index is 11.1. The first-order chi connectivity index (χ1) is 9.16. The molecular formula is C13H19N3O3. The van der Waals surface area contributed by atoms with E-state index in [9.17, 15) is 4.79 Å². The number of nitrogens with zero attached hydrogens (tertiary/aromatic N) is 3. The smallest absolute Gasteiger partial charge is 0.339 e. The van der Waals surface area contributed by atoms with Crippen LogP contribution in [0, 0.1) is 5.92 Å². The first-order valence-electron chi connectivity index (χ1n) is 6.45. The Labute approximate surface area is 112 Å². The standard InChI is InChI=1S/C13H19N3O3/c1-16(7-10-2-4-19-5-3-10)8-12-11(13(17)18)6-14-9-15-12/h6,9-10H,2-5,7-8H2,1H3,(H,17,18). The van der Waals surface area contributed by atoms with E-state index in [1.54, 1.807) is 0 Å². The fraction of sp³-hybridized carbons (Fsp3) is 0.615. The van der Waals surface area contributed by atoms with E-state index in [0.717, 1.165) is 32.6 Å². The second-order valence-electron chi connectivity index (χ2n) is 4.94. The van der Waals surface area contributed by atoms with Gasteiger partial charge in [-0.25, -0.2) is 14.8 Å². The number of aromatic nitrogens is 2. The van der Waals surface area contributed by atoms with Crippen molar-refractivity contribution in [2.45, 2.75) is 19.4 Å². The van der Waals surface area contributed by atoms with Crippen LogP contribution in [0.25, 0.3) is 0 Å². The highest BCUT2D eigenvalue weighted by atomic mass is 16.5. The van der Waals surface area contributed by atoms with Crippen LogP contribution in [-0.4, -0.2) is 52.7 Å². The van der Waals surface area contributed by atoms with Gasteiger partial charge >= 0.3 is 5.97 Å². The second-order valence-corrected chi connectivity index (χ2v) is 4.94. The van der Waals surface area contributed by atoms with Crippen molar-refractivity contribution in [1.82, 2.24) is 14.9 Å². The summed E-state index contributed by atoms with van der Waals surface area (Å²) in [4.78, 5) is 21.0. The molecule has 0 saturated carbocycles. The molecule has 6 nitrogen and oxygen atoms in total. The molecule has 0 spiro atoms. The molecule has 0 bridgehead atoms. The lowest BCUT2D eigenvalue weighted by Crippen LogP contribution is -2.30. The second kappa shape index (κ2) is 6.58. The van der Waals surface area contributed by atoms with Crippen LogP contribution in [0.15, 0.2) is 12.5 Å². The molecule has 2 heterocycles. The van der Waals surface area contributed by atoms with Gasteiger partial charge in [0.15, 0.2) is 0 Å². The first-order valence-corrected chi connectivity index (χ1v) is 6.45. The fourth-order valence-corrected chi connectivity index (χ4v) is 2.35. The average molecular weight is 265 g/mol. The fourth-order valence-electron chi connectivity index (χ4n) is 2.35. The molecule has 1 aliphatic rings. The molecular weight excluding hydrogens is 246 g/mol. The van der Waals surface area contributed by atoms with Crippen molar-refractivity contribution in [2.75, 3.05) is 26.8 Å². The molecule has 1 N–H and O–H groups in total. The zero-order valence-corrected chi connectivity index (χ0v) is 11.1. The highest BCUT2D eigenvalue weighted by Crippen LogP contribution is 2.16. The molecule has 2 rings (SSSR count). The van der Waals surface area contributed by atoms with Gasteiger partial charge in [0.1, 0.15) is 11.9 Å². The maximum atomic E-state index is 11.1. The van der Waals surface area contributed by atoms with Crippen molar-refractivity contribution in [2.24, 2.45) is 5.92 Å². The number of carbonyl (C=O) groups is 1. The molecule has 0 amide bonds. The molecule has 0 aliphatic carbocycles. The largest absolute Gasteiger partial charge is 0.478 e. The SMILES string of the molecule is CN(Cc1ncncc1C(=O)O)CC1CCOCC1. The predicted octanol–water partition coefficient (Wildman–Crippen LogP) is 1.03. The Bertz CT molecular complexity index is 433. The lowest BCUT2D eigenvalue weighted by atomic mass is 10.00. The Morgan fingerprint density at radius 3 is 2.95 bits per heavy atom. The Kier molecular flexibility index (Phi) is 4.81. The van der Waals surface area contributed by atoms with E-state index < -0.39 is 5.97 Å². The number of ether oxygens (including phenoxy) is 1. The average Bonchev–Trinajstić information content (AvgIpc) is 2.40. The summed E-state index contributed by atoms with van der Waals surface area (Å²) in [6, 6.07) is 0. The van der Waals surface area contributed by atoms with Gasteiger partial charge < -0.3 is 14.7 Å². The first kappa shape index (κ1) is 13.9. The van der Waals surface area contributed by atoms with E-state index in [4.69, 9.17) is 9.84 Å². The zero-order valence-electron chi connectivity index (χ0n) is 11.1. The molecule has 19 heavy (non-hydrogen) atoms. The van der Waals surface area contributed by atoms with E-state index in [1.165, 1.54) is 12.5 Å². The molecule has 1 aliphatic heterocycles. The number of carboxylic acids is 1. The van der Waals surface area contributed by atoms with Crippen LogP contribution in [0.4, 0.5) is 0 Å². The van der Waals surface area contributed by atoms with Crippen molar-refractivity contribution in [3.8, 4) is 0 Å². The van der Waals surface area contributed by atoms with Crippen LogP contribution >= 0.6 is 0 Å². The van der Waals surface area contributed by atoms with Gasteiger partial charge in [-0.3, -0.25) is 0 Å². The zero-order chi connectivity index (χ0) is 13.7. The van der Waals surface area contributed by atoms with Gasteiger partial charge in [0.2, 0.25) is 0 Å². The minimum absolute atomic E-state index is 0.182. The summed E-state index contributed by atoms with van der Waals surface area (Å²) < 4.78 is 5.33. The van der Waals surface area contributed by atoms with Crippen molar-refractivity contribution in [3.05, 3.63) is 23.8 Å². The van der Waals surface area contributed by atoms with E-state index >= 15 is 0 Å². The van der Waals surface area contributed by atoms with Gasteiger partial charge in [-0.15, -0.1) is 0 Å². The third kappa shape index (κ3) is 3.97. The van der Waals surface area contributed by atoms with Crippen molar-refractivity contribution in [3.63, 3.8) is 0 Å². The van der Waals surface area contributed by atoms with E-state index in [0.29, 0.717) is 18.2 Å². The quantitative estimate of drug-likeness (QED) is 0.857. The van der Waals surface area contributed by atoms with Crippen LogP contribution in [0.5, 0.6) is 0 Å². The minimum Gasteiger partial charge on any atom is -0.478 e. The van der Waals surface area contributed by atoms with Crippen molar-refractivity contribution >= 4 is 5.97 Å². The van der Waals surface area contributed by atoms with Gasteiger partial charge in [-0.1, -0.05) is 0 Å². The molecule has 1 aromatic rings. The summed E-state index contributed by atoms with van der Waals surface area (Å²) in [5.74, 6) is -0.357. The summed E-state index contributed by atoms with van der Waals surface area (Å²) in [5.41, 5.74) is 0.749. The van der Waals surface area contributed by atoms with Gasteiger partial charge in [0.25, 0.3) is 0 Å². The molecule has 6 heteroatoms. The molecule has 104 valence electrons. The van der Waals surface area contributed by atoms with Crippen LogP contribution in [0.1, 0.15) is 28.9 Å². The lowest BCUT2D eigenvalue weighted by molar-refractivity contribution is 0.0547. The van der Waals surface area contributed by atoms with Crippen LogP contribution in [0.2, 0.25) is 0 Å². The van der Waals surface area contributed by atoms with E-state index in [-0.39, 0.29) is 5.56 Å². The Hall–Kier alpha value is -1.53. The number of carboxylic acid groups (broad SMARTS) is 1. The third-order valence-corrected chi connectivity index (χ3v) is 3.36. The minimum atomic E-state index is -0.977. The van der Waals surface area contributed by atoms with Crippen LogP contribution < -0.4 is 0 Å². The van der Waals surface area contributed by atoms with E-state index in [1.807, 2.05) is 7.05 Å². The Morgan fingerprint density at radius 2 is 2.26 bits per heavy atom. The molecule has 0 atom stereocenters. The maximum Gasteiger partial charge on any atom is 0.339 e. The number of aromatic carboxylic acids is 1. The number of hydrogen-bond acceptors (Lipinski definition) is 5. The Morgan fingerprint density at radius 1 is 1.53 bits per heavy atom.